The molecule has 0 amide bonds. The van der Waals surface area contributed by atoms with Crippen molar-refractivity contribution >= 4 is 17.4 Å². The zero-order chi connectivity index (χ0) is 12.3. The van der Waals surface area contributed by atoms with Crippen LogP contribution in [0.2, 0.25) is 0 Å². The van der Waals surface area contributed by atoms with E-state index in [0.717, 1.165) is 19.3 Å². The number of nitrogens with zero attached hydrogens (tertiary/aromatic N) is 4. The van der Waals surface area contributed by atoms with Gasteiger partial charge in [-0.05, 0) is 12.5 Å². The number of fused-ring (bicyclic) bond motifs is 1. The molecule has 0 unspecified atom stereocenters. The van der Waals surface area contributed by atoms with E-state index in [1.807, 2.05) is 0 Å². The van der Waals surface area contributed by atoms with Crippen molar-refractivity contribution < 1.29 is 5.11 Å². The maximum atomic E-state index is 9.74. The molecule has 0 radical (unpaired) electrons. The van der Waals surface area contributed by atoms with Gasteiger partial charge in [0.05, 0.1) is 11.9 Å². The van der Waals surface area contributed by atoms with Gasteiger partial charge >= 0.3 is 0 Å². The summed E-state index contributed by atoms with van der Waals surface area (Å²) in [7, 11) is 0. The van der Waals surface area contributed by atoms with Crippen LogP contribution in [0.5, 0.6) is 6.01 Å². The highest BCUT2D eigenvalue weighted by Gasteiger charge is 2.11. The second-order valence-corrected chi connectivity index (χ2v) is 3.92. The quantitative estimate of drug-likeness (QED) is 0.804. The topological polar surface area (TPSA) is 63.8 Å². The SMILES string of the molecule is C=Cc1cnc2nc(O)n(CCCCC)c2n1. The highest BCUT2D eigenvalue weighted by Crippen LogP contribution is 2.18. The summed E-state index contributed by atoms with van der Waals surface area (Å²) in [6.07, 6.45) is 6.48. The average Bonchev–Trinajstić information content (AvgIpc) is 2.65. The highest BCUT2D eigenvalue weighted by atomic mass is 16.3. The van der Waals surface area contributed by atoms with Crippen molar-refractivity contribution in [2.24, 2.45) is 0 Å². The van der Waals surface area contributed by atoms with Crippen LogP contribution in [0.1, 0.15) is 31.9 Å². The van der Waals surface area contributed by atoms with Gasteiger partial charge in [0.15, 0.2) is 5.65 Å². The van der Waals surface area contributed by atoms with Crippen LogP contribution in [0.3, 0.4) is 0 Å². The first-order chi connectivity index (χ1) is 8.26. The monoisotopic (exact) mass is 232 g/mol. The number of hydrogen-bond acceptors (Lipinski definition) is 4. The third kappa shape index (κ3) is 2.27. The van der Waals surface area contributed by atoms with Crippen molar-refractivity contribution in [3.8, 4) is 6.01 Å². The molecule has 2 aromatic heterocycles. The summed E-state index contributed by atoms with van der Waals surface area (Å²) in [5, 5.41) is 9.74. The summed E-state index contributed by atoms with van der Waals surface area (Å²) in [5.41, 5.74) is 1.79. The Kier molecular flexibility index (Phi) is 3.37. The molecule has 0 aliphatic rings. The minimum absolute atomic E-state index is 0.0164. The van der Waals surface area contributed by atoms with Crippen molar-refractivity contribution in [1.29, 1.82) is 0 Å². The Morgan fingerprint density at radius 3 is 2.94 bits per heavy atom. The van der Waals surface area contributed by atoms with E-state index in [1.54, 1.807) is 16.8 Å². The zero-order valence-corrected chi connectivity index (χ0v) is 9.93. The van der Waals surface area contributed by atoms with Crippen LogP contribution >= 0.6 is 0 Å². The normalized spacial score (nSPS) is 10.9. The van der Waals surface area contributed by atoms with Gasteiger partial charge in [0.1, 0.15) is 0 Å². The van der Waals surface area contributed by atoms with E-state index >= 15 is 0 Å². The van der Waals surface area contributed by atoms with Crippen LogP contribution in [0.15, 0.2) is 12.8 Å². The van der Waals surface area contributed by atoms with Gasteiger partial charge in [0, 0.05) is 6.54 Å². The van der Waals surface area contributed by atoms with Crippen molar-refractivity contribution in [2.45, 2.75) is 32.7 Å². The van der Waals surface area contributed by atoms with Crippen LogP contribution in [-0.4, -0.2) is 24.6 Å². The van der Waals surface area contributed by atoms with Crippen molar-refractivity contribution in [3.05, 3.63) is 18.5 Å². The number of hydrogen-bond donors (Lipinski definition) is 1. The number of aryl methyl sites for hydroxylation is 1. The van der Waals surface area contributed by atoms with E-state index in [9.17, 15) is 5.11 Å². The molecule has 0 aliphatic carbocycles. The van der Waals surface area contributed by atoms with Gasteiger partial charge < -0.3 is 5.11 Å². The lowest BCUT2D eigenvalue weighted by atomic mass is 10.2. The van der Waals surface area contributed by atoms with Crippen molar-refractivity contribution in [3.63, 3.8) is 0 Å². The van der Waals surface area contributed by atoms with Crippen LogP contribution in [0, 0.1) is 0 Å². The van der Waals surface area contributed by atoms with E-state index in [2.05, 4.69) is 28.5 Å². The fourth-order valence-electron chi connectivity index (χ4n) is 1.72. The van der Waals surface area contributed by atoms with E-state index < -0.39 is 0 Å². The van der Waals surface area contributed by atoms with Crippen LogP contribution in [0.4, 0.5) is 0 Å². The highest BCUT2D eigenvalue weighted by molar-refractivity contribution is 5.68. The van der Waals surface area contributed by atoms with Gasteiger partial charge in [-0.15, -0.1) is 0 Å². The number of aromatic nitrogens is 4. The summed E-state index contributed by atoms with van der Waals surface area (Å²) >= 11 is 0. The average molecular weight is 232 g/mol. The summed E-state index contributed by atoms with van der Waals surface area (Å²) in [5.74, 6) is 0. The number of unbranched alkanes of at least 4 members (excludes halogenated alkanes) is 2. The molecule has 5 heteroatoms. The van der Waals surface area contributed by atoms with Gasteiger partial charge in [-0.1, -0.05) is 26.3 Å². The minimum atomic E-state index is -0.0164. The first-order valence-electron chi connectivity index (χ1n) is 5.81. The van der Waals surface area contributed by atoms with Crippen molar-refractivity contribution in [1.82, 2.24) is 19.5 Å². The molecule has 0 bridgehead atoms. The number of imidazole rings is 1. The first-order valence-corrected chi connectivity index (χ1v) is 5.81. The Labute approximate surface area is 99.9 Å². The van der Waals surface area contributed by atoms with E-state index in [1.165, 1.54) is 0 Å². The molecule has 0 saturated carbocycles. The molecule has 2 rings (SSSR count). The lowest BCUT2D eigenvalue weighted by Gasteiger charge is -2.03. The van der Waals surface area contributed by atoms with E-state index in [-0.39, 0.29) is 6.01 Å². The van der Waals surface area contributed by atoms with E-state index in [0.29, 0.717) is 23.5 Å². The molecule has 0 fully saturated rings. The molecule has 90 valence electrons. The largest absolute Gasteiger partial charge is 0.480 e. The third-order valence-electron chi connectivity index (χ3n) is 2.65. The second-order valence-electron chi connectivity index (χ2n) is 3.92. The molecule has 0 saturated heterocycles. The zero-order valence-electron chi connectivity index (χ0n) is 9.93. The standard InChI is InChI=1S/C12H16N4O/c1-3-5-6-7-16-11-10(15-12(16)17)13-8-9(4-2)14-11/h4,8H,2-3,5-7H2,1H3,(H,13,15,17). The van der Waals surface area contributed by atoms with Gasteiger partial charge in [0.2, 0.25) is 5.65 Å². The van der Waals surface area contributed by atoms with Gasteiger partial charge in [0.25, 0.3) is 6.01 Å². The lowest BCUT2D eigenvalue weighted by Crippen LogP contribution is -1.99. The summed E-state index contributed by atoms with van der Waals surface area (Å²) in [4.78, 5) is 12.5. The summed E-state index contributed by atoms with van der Waals surface area (Å²) in [6, 6.07) is -0.0164. The van der Waals surface area contributed by atoms with Crippen molar-refractivity contribution in [2.75, 3.05) is 0 Å². The van der Waals surface area contributed by atoms with E-state index in [4.69, 9.17) is 0 Å². The molecule has 0 spiro atoms. The molecule has 5 nitrogen and oxygen atoms in total. The fraction of sp³-hybridized carbons (Fsp3) is 0.417. The Morgan fingerprint density at radius 2 is 2.24 bits per heavy atom. The fourth-order valence-corrected chi connectivity index (χ4v) is 1.72. The van der Waals surface area contributed by atoms with Gasteiger partial charge in [-0.25, -0.2) is 9.97 Å². The molecule has 1 N–H and O–H groups in total. The summed E-state index contributed by atoms with van der Waals surface area (Å²) in [6.45, 7) is 6.51. The van der Waals surface area contributed by atoms with Crippen LogP contribution in [-0.2, 0) is 6.54 Å². The Balaban J connectivity index is 2.38. The molecule has 2 heterocycles. The predicted octanol–water partition coefficient (Wildman–Crippen LogP) is 2.37. The summed E-state index contributed by atoms with van der Waals surface area (Å²) < 4.78 is 1.70. The maximum absolute atomic E-state index is 9.74. The van der Waals surface area contributed by atoms with Gasteiger partial charge in [-0.3, -0.25) is 4.57 Å². The molecule has 0 atom stereocenters. The number of aromatic hydroxyl groups is 1. The molecule has 0 aromatic carbocycles. The Hall–Kier alpha value is -1.91. The lowest BCUT2D eigenvalue weighted by molar-refractivity contribution is 0.396. The Bertz CT molecular complexity index is 533. The predicted molar refractivity (Wildman–Crippen MR) is 66.6 cm³/mol. The second kappa shape index (κ2) is 4.95. The molecule has 0 aliphatic heterocycles. The third-order valence-corrected chi connectivity index (χ3v) is 2.65. The molecular formula is C12H16N4O. The van der Waals surface area contributed by atoms with Gasteiger partial charge in [-0.2, -0.15) is 4.98 Å². The van der Waals surface area contributed by atoms with Crippen LogP contribution < -0.4 is 0 Å². The van der Waals surface area contributed by atoms with Crippen LogP contribution in [0.25, 0.3) is 17.4 Å². The maximum Gasteiger partial charge on any atom is 0.297 e. The first kappa shape index (κ1) is 11.6. The molecular weight excluding hydrogens is 216 g/mol. The Morgan fingerprint density at radius 1 is 1.41 bits per heavy atom. The number of rotatable bonds is 5. The molecule has 2 aromatic rings. The molecule has 17 heavy (non-hydrogen) atoms. The minimum Gasteiger partial charge on any atom is -0.480 e. The smallest absolute Gasteiger partial charge is 0.297 e.